The summed E-state index contributed by atoms with van der Waals surface area (Å²) in [5.74, 6) is 0. The van der Waals surface area contributed by atoms with Crippen LogP contribution in [0.25, 0.3) is 10.9 Å². The molecule has 2 N–H and O–H groups in total. The second-order valence-corrected chi connectivity index (χ2v) is 5.47. The van der Waals surface area contributed by atoms with E-state index in [2.05, 4.69) is 10.1 Å². The standard InChI is InChI=1S/C19H19N3O2/c1-2-17(16-12-20-18-11-7-6-10-15(16)18)21-22(19(23)24)13-14-8-4-3-5-9-14/h3-12,20H,2,13H2,1H3,(H,23,24). The van der Waals surface area contributed by atoms with Gasteiger partial charge in [0.25, 0.3) is 0 Å². The van der Waals surface area contributed by atoms with Crippen LogP contribution < -0.4 is 0 Å². The Kier molecular flexibility index (Phi) is 4.61. The number of para-hydroxylation sites is 1. The predicted molar refractivity (Wildman–Crippen MR) is 95.1 cm³/mol. The molecule has 0 fully saturated rings. The molecule has 122 valence electrons. The Balaban J connectivity index is 1.96. The zero-order valence-corrected chi connectivity index (χ0v) is 13.4. The van der Waals surface area contributed by atoms with Crippen molar-refractivity contribution in [1.29, 1.82) is 0 Å². The van der Waals surface area contributed by atoms with E-state index in [4.69, 9.17) is 0 Å². The maximum Gasteiger partial charge on any atom is 0.428 e. The predicted octanol–water partition coefficient (Wildman–Crippen LogP) is 4.46. The third-order valence-electron chi connectivity index (χ3n) is 3.87. The summed E-state index contributed by atoms with van der Waals surface area (Å²) in [5.41, 5.74) is 3.59. The van der Waals surface area contributed by atoms with Crippen LogP contribution in [0.15, 0.2) is 65.9 Å². The first-order valence-electron chi connectivity index (χ1n) is 7.87. The number of benzene rings is 2. The van der Waals surface area contributed by atoms with Crippen LogP contribution in [0.4, 0.5) is 4.79 Å². The SMILES string of the molecule is CCC(=NN(Cc1ccccc1)C(=O)O)c1c[nH]c2ccccc12. The zero-order chi connectivity index (χ0) is 16.9. The van der Waals surface area contributed by atoms with Gasteiger partial charge in [-0.1, -0.05) is 55.5 Å². The van der Waals surface area contributed by atoms with Crippen LogP contribution >= 0.6 is 0 Å². The molecule has 5 heteroatoms. The van der Waals surface area contributed by atoms with E-state index < -0.39 is 6.09 Å². The molecule has 0 radical (unpaired) electrons. The number of nitrogens with one attached hydrogen (secondary N) is 1. The summed E-state index contributed by atoms with van der Waals surface area (Å²) in [6.45, 7) is 2.20. The van der Waals surface area contributed by atoms with Crippen molar-refractivity contribution < 1.29 is 9.90 Å². The summed E-state index contributed by atoms with van der Waals surface area (Å²) in [6, 6.07) is 17.4. The Labute approximate surface area is 140 Å². The highest BCUT2D eigenvalue weighted by atomic mass is 16.4. The van der Waals surface area contributed by atoms with Gasteiger partial charge in [-0.3, -0.25) is 0 Å². The summed E-state index contributed by atoms with van der Waals surface area (Å²) in [7, 11) is 0. The first-order valence-corrected chi connectivity index (χ1v) is 7.87. The average Bonchev–Trinajstić information content (AvgIpc) is 3.03. The monoisotopic (exact) mass is 321 g/mol. The van der Waals surface area contributed by atoms with E-state index in [1.807, 2.05) is 67.7 Å². The fourth-order valence-electron chi connectivity index (χ4n) is 2.67. The van der Waals surface area contributed by atoms with Crippen molar-refractivity contribution in [1.82, 2.24) is 9.99 Å². The third-order valence-corrected chi connectivity index (χ3v) is 3.87. The van der Waals surface area contributed by atoms with Gasteiger partial charge in [0.05, 0.1) is 12.3 Å². The largest absolute Gasteiger partial charge is 0.464 e. The van der Waals surface area contributed by atoms with E-state index in [0.29, 0.717) is 6.42 Å². The van der Waals surface area contributed by atoms with Gasteiger partial charge in [-0.05, 0) is 18.1 Å². The van der Waals surface area contributed by atoms with Crippen molar-refractivity contribution in [3.8, 4) is 0 Å². The molecule has 0 spiro atoms. The van der Waals surface area contributed by atoms with Gasteiger partial charge in [0, 0.05) is 22.7 Å². The smallest absolute Gasteiger partial charge is 0.428 e. The molecule has 1 heterocycles. The van der Waals surface area contributed by atoms with E-state index >= 15 is 0 Å². The number of aromatic amines is 1. The van der Waals surface area contributed by atoms with Crippen LogP contribution in [0.2, 0.25) is 0 Å². The first-order chi connectivity index (χ1) is 11.7. The Hall–Kier alpha value is -3.08. The molecule has 5 nitrogen and oxygen atoms in total. The number of carboxylic acid groups (broad SMARTS) is 1. The Morgan fingerprint density at radius 1 is 1.12 bits per heavy atom. The van der Waals surface area contributed by atoms with Crippen LogP contribution in [0.5, 0.6) is 0 Å². The minimum atomic E-state index is -1.07. The van der Waals surface area contributed by atoms with Crippen LogP contribution in [-0.4, -0.2) is 26.9 Å². The molecule has 1 aromatic heterocycles. The first kappa shape index (κ1) is 15.8. The Bertz CT molecular complexity index is 868. The van der Waals surface area contributed by atoms with Gasteiger partial charge in [0.1, 0.15) is 0 Å². The van der Waals surface area contributed by atoms with Crippen molar-refractivity contribution in [2.24, 2.45) is 5.10 Å². The molecule has 2 aromatic carbocycles. The third kappa shape index (κ3) is 3.30. The molecule has 0 aliphatic carbocycles. The van der Waals surface area contributed by atoms with E-state index in [9.17, 15) is 9.90 Å². The van der Waals surface area contributed by atoms with Gasteiger partial charge in [-0.15, -0.1) is 0 Å². The van der Waals surface area contributed by atoms with Crippen LogP contribution in [-0.2, 0) is 6.54 Å². The lowest BCUT2D eigenvalue weighted by Crippen LogP contribution is -2.25. The number of carbonyl (C=O) groups is 1. The molecule has 0 atom stereocenters. The number of rotatable bonds is 5. The number of hydrazone groups is 1. The van der Waals surface area contributed by atoms with Gasteiger partial charge in [-0.25, -0.2) is 4.79 Å². The van der Waals surface area contributed by atoms with Crippen molar-refractivity contribution in [2.45, 2.75) is 19.9 Å². The van der Waals surface area contributed by atoms with Crippen molar-refractivity contribution in [3.05, 3.63) is 71.9 Å². The second kappa shape index (κ2) is 7.00. The van der Waals surface area contributed by atoms with Crippen LogP contribution in [0, 0.1) is 0 Å². The molecule has 24 heavy (non-hydrogen) atoms. The number of hydrogen-bond donors (Lipinski definition) is 2. The normalized spacial score (nSPS) is 11.6. The lowest BCUT2D eigenvalue weighted by Gasteiger charge is -2.15. The van der Waals surface area contributed by atoms with Gasteiger partial charge in [0.15, 0.2) is 0 Å². The van der Waals surface area contributed by atoms with Crippen molar-refractivity contribution >= 4 is 22.7 Å². The lowest BCUT2D eigenvalue weighted by atomic mass is 10.1. The van der Waals surface area contributed by atoms with E-state index in [1.165, 1.54) is 0 Å². The summed E-state index contributed by atoms with van der Waals surface area (Å²) in [5, 5.41) is 16.1. The second-order valence-electron chi connectivity index (χ2n) is 5.47. The molecule has 3 aromatic rings. The topological polar surface area (TPSA) is 68.7 Å². The lowest BCUT2D eigenvalue weighted by molar-refractivity contribution is 0.144. The van der Waals surface area contributed by atoms with Gasteiger partial charge in [0.2, 0.25) is 0 Å². The fourth-order valence-corrected chi connectivity index (χ4v) is 2.67. The van der Waals surface area contributed by atoms with Crippen LogP contribution in [0.1, 0.15) is 24.5 Å². The molecule has 0 unspecified atom stereocenters. The summed E-state index contributed by atoms with van der Waals surface area (Å²) < 4.78 is 0. The number of amides is 1. The van der Waals surface area contributed by atoms with Crippen molar-refractivity contribution in [3.63, 3.8) is 0 Å². The summed E-state index contributed by atoms with van der Waals surface area (Å²) in [6.07, 6.45) is 1.46. The van der Waals surface area contributed by atoms with E-state index in [-0.39, 0.29) is 6.54 Å². The van der Waals surface area contributed by atoms with Gasteiger partial charge in [-0.2, -0.15) is 10.1 Å². The highest BCUT2D eigenvalue weighted by Gasteiger charge is 2.15. The molecule has 0 aliphatic heterocycles. The quantitative estimate of drug-likeness (QED) is 0.538. The maximum atomic E-state index is 11.6. The molecule has 3 rings (SSSR count). The number of hydrogen-bond acceptors (Lipinski definition) is 2. The van der Waals surface area contributed by atoms with Gasteiger partial charge < -0.3 is 10.1 Å². The fraction of sp³-hybridized carbons (Fsp3) is 0.158. The molecule has 0 bridgehead atoms. The number of aromatic nitrogens is 1. The van der Waals surface area contributed by atoms with E-state index in [1.54, 1.807) is 0 Å². The maximum absolute atomic E-state index is 11.6. The molecular weight excluding hydrogens is 302 g/mol. The zero-order valence-electron chi connectivity index (χ0n) is 13.4. The molecular formula is C19H19N3O2. The number of fused-ring (bicyclic) bond motifs is 1. The molecule has 0 saturated heterocycles. The van der Waals surface area contributed by atoms with Crippen molar-refractivity contribution in [2.75, 3.05) is 0 Å². The van der Waals surface area contributed by atoms with Gasteiger partial charge >= 0.3 is 6.09 Å². The minimum absolute atomic E-state index is 0.224. The van der Waals surface area contributed by atoms with E-state index in [0.717, 1.165) is 32.8 Å². The molecule has 1 amide bonds. The highest BCUT2D eigenvalue weighted by Crippen LogP contribution is 2.20. The number of H-pyrrole nitrogens is 1. The Morgan fingerprint density at radius 3 is 2.54 bits per heavy atom. The summed E-state index contributed by atoms with van der Waals surface area (Å²) in [4.78, 5) is 14.8. The average molecular weight is 321 g/mol. The molecule has 0 aliphatic rings. The molecule has 0 saturated carbocycles. The Morgan fingerprint density at radius 2 is 1.83 bits per heavy atom. The summed E-state index contributed by atoms with van der Waals surface area (Å²) >= 11 is 0. The minimum Gasteiger partial charge on any atom is -0.464 e. The highest BCUT2D eigenvalue weighted by molar-refractivity contribution is 6.10. The number of nitrogens with zero attached hydrogens (tertiary/aromatic N) is 2. The van der Waals surface area contributed by atoms with Crippen LogP contribution in [0.3, 0.4) is 0 Å².